The molecule has 6 rings (SSSR count). The maximum atomic E-state index is 14.8. The highest BCUT2D eigenvalue weighted by Crippen LogP contribution is 2.47. The fraction of sp³-hybridized carbons (Fsp3) is 0.310. The first-order chi connectivity index (χ1) is 20.2. The third-order valence-electron chi connectivity index (χ3n) is 7.89. The third kappa shape index (κ3) is 4.75. The van der Waals surface area contributed by atoms with E-state index in [1.54, 1.807) is 10.9 Å². The molecule has 1 saturated carbocycles. The minimum Gasteiger partial charge on any atom is -0.489 e. The Morgan fingerprint density at radius 1 is 1.16 bits per heavy atom. The molecule has 14 heteroatoms. The Morgan fingerprint density at radius 3 is 2.49 bits per heavy atom. The van der Waals surface area contributed by atoms with E-state index in [9.17, 15) is 36.6 Å². The highest BCUT2D eigenvalue weighted by atomic mass is 19.4. The molecule has 0 saturated heterocycles. The van der Waals surface area contributed by atoms with Crippen LogP contribution in [0.5, 0.6) is 5.75 Å². The Kier molecular flexibility index (Phi) is 6.45. The molecular formula is C29H24F5N5O4. The first-order valence-corrected chi connectivity index (χ1v) is 13.2. The van der Waals surface area contributed by atoms with Crippen LogP contribution >= 0.6 is 0 Å². The van der Waals surface area contributed by atoms with E-state index in [4.69, 9.17) is 10.5 Å². The van der Waals surface area contributed by atoms with Crippen molar-refractivity contribution in [1.82, 2.24) is 20.1 Å². The van der Waals surface area contributed by atoms with Crippen LogP contribution in [-0.4, -0.2) is 51.0 Å². The number of ether oxygens (including phenoxy) is 1. The Labute approximate surface area is 240 Å². The number of alkyl halides is 3. The molecule has 9 nitrogen and oxygen atoms in total. The van der Waals surface area contributed by atoms with Crippen LogP contribution in [0.15, 0.2) is 48.7 Å². The van der Waals surface area contributed by atoms with Gasteiger partial charge < -0.3 is 20.9 Å². The number of fused-ring (bicyclic) bond motifs is 2. The van der Waals surface area contributed by atoms with Gasteiger partial charge in [0.15, 0.2) is 5.82 Å². The van der Waals surface area contributed by atoms with Crippen LogP contribution in [-0.2, 0) is 15.8 Å². The summed E-state index contributed by atoms with van der Waals surface area (Å²) in [5.41, 5.74) is -1.17. The molecule has 43 heavy (non-hydrogen) atoms. The lowest BCUT2D eigenvalue weighted by Gasteiger charge is -2.31. The monoisotopic (exact) mass is 601 g/mol. The van der Waals surface area contributed by atoms with E-state index in [-0.39, 0.29) is 51.7 Å². The van der Waals surface area contributed by atoms with Gasteiger partial charge in [0.1, 0.15) is 34.8 Å². The Bertz CT molecular complexity index is 1790. The summed E-state index contributed by atoms with van der Waals surface area (Å²) in [4.78, 5) is 29.4. The van der Waals surface area contributed by atoms with E-state index in [2.05, 4.69) is 10.1 Å². The van der Waals surface area contributed by atoms with Gasteiger partial charge in [-0.3, -0.25) is 14.3 Å². The topological polar surface area (TPSA) is 132 Å². The number of primary amides is 1. The van der Waals surface area contributed by atoms with E-state index in [0.717, 1.165) is 37.1 Å². The van der Waals surface area contributed by atoms with Gasteiger partial charge in [0.25, 0.3) is 5.91 Å². The Morgan fingerprint density at radius 2 is 1.86 bits per heavy atom. The molecule has 4 N–H and O–H groups in total. The lowest BCUT2D eigenvalue weighted by Crippen LogP contribution is -2.51. The lowest BCUT2D eigenvalue weighted by atomic mass is 9.81. The SMILES string of the molecule is C[C@]1(C(N)=O)COc2c1cc([C@@](O)(CNC(=O)c1cc(F)c3nn(C4CC4)cc3c1)C(F)(F)F)nc2-c1ccc(F)cc1. The number of aromatic nitrogens is 3. The number of rotatable bonds is 7. The van der Waals surface area contributed by atoms with Crippen molar-refractivity contribution in [3.8, 4) is 17.0 Å². The largest absolute Gasteiger partial charge is 0.489 e. The molecule has 3 heterocycles. The lowest BCUT2D eigenvalue weighted by molar-refractivity contribution is -0.265. The van der Waals surface area contributed by atoms with Crippen molar-refractivity contribution >= 4 is 22.7 Å². The molecule has 1 aliphatic carbocycles. The van der Waals surface area contributed by atoms with Crippen LogP contribution in [0.3, 0.4) is 0 Å². The minimum atomic E-state index is -5.40. The predicted octanol–water partition coefficient (Wildman–Crippen LogP) is 4.03. The highest BCUT2D eigenvalue weighted by Gasteiger charge is 2.57. The molecule has 4 aromatic rings. The number of benzene rings is 2. The van der Waals surface area contributed by atoms with Gasteiger partial charge in [-0.05, 0) is 62.2 Å². The fourth-order valence-corrected chi connectivity index (χ4v) is 5.02. The predicted molar refractivity (Wildman–Crippen MR) is 142 cm³/mol. The van der Waals surface area contributed by atoms with Crippen LogP contribution < -0.4 is 15.8 Å². The zero-order valence-electron chi connectivity index (χ0n) is 22.5. The summed E-state index contributed by atoms with van der Waals surface area (Å²) in [5.74, 6) is -3.50. The average molecular weight is 602 g/mol. The molecule has 0 spiro atoms. The van der Waals surface area contributed by atoms with E-state index in [0.29, 0.717) is 0 Å². The summed E-state index contributed by atoms with van der Waals surface area (Å²) in [6.45, 7) is -0.369. The molecule has 0 radical (unpaired) electrons. The number of pyridine rings is 1. The molecule has 2 amide bonds. The van der Waals surface area contributed by atoms with Gasteiger partial charge in [-0.15, -0.1) is 0 Å². The maximum absolute atomic E-state index is 14.8. The van der Waals surface area contributed by atoms with Gasteiger partial charge in [-0.25, -0.2) is 13.8 Å². The normalized spacial score (nSPS) is 19.5. The number of carbonyl (C=O) groups excluding carboxylic acids is 2. The van der Waals surface area contributed by atoms with Crippen molar-refractivity contribution in [3.63, 3.8) is 0 Å². The van der Waals surface area contributed by atoms with Gasteiger partial charge in [0, 0.05) is 28.3 Å². The van der Waals surface area contributed by atoms with Gasteiger partial charge >= 0.3 is 6.18 Å². The van der Waals surface area contributed by atoms with Crippen molar-refractivity contribution < 1.29 is 41.4 Å². The molecule has 2 aromatic heterocycles. The zero-order chi connectivity index (χ0) is 30.9. The van der Waals surface area contributed by atoms with Crippen molar-refractivity contribution in [2.24, 2.45) is 5.73 Å². The summed E-state index contributed by atoms with van der Waals surface area (Å²) >= 11 is 0. The number of hydrogen-bond acceptors (Lipinski definition) is 6. The van der Waals surface area contributed by atoms with Crippen LogP contribution in [0, 0.1) is 11.6 Å². The number of aliphatic hydroxyl groups is 1. The molecule has 2 aromatic carbocycles. The van der Waals surface area contributed by atoms with Crippen molar-refractivity contribution in [2.45, 2.75) is 43.0 Å². The summed E-state index contributed by atoms with van der Waals surface area (Å²) in [6.07, 6.45) is -2.08. The number of hydrogen-bond donors (Lipinski definition) is 3. The van der Waals surface area contributed by atoms with Crippen molar-refractivity contribution in [3.05, 3.63) is 77.1 Å². The smallest absolute Gasteiger partial charge is 0.424 e. The van der Waals surface area contributed by atoms with Gasteiger partial charge in [-0.1, -0.05) is 0 Å². The second-order valence-corrected chi connectivity index (χ2v) is 11.0. The summed E-state index contributed by atoms with van der Waals surface area (Å²) in [6, 6.07) is 7.74. The second kappa shape index (κ2) is 9.73. The summed E-state index contributed by atoms with van der Waals surface area (Å²) in [5, 5.41) is 17.7. The third-order valence-corrected chi connectivity index (χ3v) is 7.89. The second-order valence-electron chi connectivity index (χ2n) is 11.0. The zero-order valence-corrected chi connectivity index (χ0v) is 22.5. The number of carbonyl (C=O) groups is 2. The molecular weight excluding hydrogens is 577 g/mol. The average Bonchev–Trinajstić information content (AvgIpc) is 3.62. The maximum Gasteiger partial charge on any atom is 0.424 e. The number of nitrogens with two attached hydrogens (primary N) is 1. The molecule has 0 unspecified atom stereocenters. The molecule has 1 aliphatic heterocycles. The number of amides is 2. The Hall–Kier alpha value is -4.59. The molecule has 2 atom stereocenters. The Balaban J connectivity index is 1.39. The number of halogens is 5. The minimum absolute atomic E-state index is 0.0191. The fourth-order valence-electron chi connectivity index (χ4n) is 5.02. The van der Waals surface area contributed by atoms with Crippen molar-refractivity contribution in [2.75, 3.05) is 13.2 Å². The van der Waals surface area contributed by atoms with Gasteiger partial charge in [0.2, 0.25) is 11.5 Å². The van der Waals surface area contributed by atoms with E-state index < -0.39 is 52.9 Å². The standard InChI is InChI=1S/C29H24F5N5O4/c1-27(26(35)41)13-43-24-19(27)10-21(37-23(24)14-2-4-17(30)5-3-14)28(42,29(32,33)34)12-36-25(40)15-8-16-11-39(18-6-7-18)38-22(16)20(31)9-15/h2-5,8-11,18,42H,6-7,12-13H2,1H3,(H2,35,41)(H,36,40)/t27-,28-/m0/s1. The molecule has 1 fully saturated rings. The summed E-state index contributed by atoms with van der Waals surface area (Å²) in [7, 11) is 0. The van der Waals surface area contributed by atoms with Crippen LogP contribution in [0.1, 0.15) is 47.4 Å². The van der Waals surface area contributed by atoms with Gasteiger partial charge in [0.05, 0.1) is 18.3 Å². The van der Waals surface area contributed by atoms with Crippen molar-refractivity contribution in [1.29, 1.82) is 0 Å². The van der Waals surface area contributed by atoms with E-state index in [1.807, 2.05) is 5.32 Å². The highest BCUT2D eigenvalue weighted by molar-refractivity contribution is 5.98. The summed E-state index contributed by atoms with van der Waals surface area (Å²) < 4.78 is 79.4. The van der Waals surface area contributed by atoms with Gasteiger partial charge in [-0.2, -0.15) is 18.3 Å². The van der Waals surface area contributed by atoms with Crippen LogP contribution in [0.2, 0.25) is 0 Å². The number of nitrogens with zero attached hydrogens (tertiary/aromatic N) is 3. The van der Waals surface area contributed by atoms with Crippen LogP contribution in [0.25, 0.3) is 22.2 Å². The molecule has 224 valence electrons. The molecule has 2 aliphatic rings. The quantitative estimate of drug-likeness (QED) is 0.274. The first-order valence-electron chi connectivity index (χ1n) is 13.2. The number of nitrogens with one attached hydrogen (secondary N) is 1. The van der Waals surface area contributed by atoms with Crippen LogP contribution in [0.4, 0.5) is 22.0 Å². The first kappa shape index (κ1) is 28.5. The molecule has 0 bridgehead atoms. The van der Waals surface area contributed by atoms with E-state index >= 15 is 0 Å². The van der Waals surface area contributed by atoms with E-state index in [1.165, 1.54) is 25.1 Å².